The summed E-state index contributed by atoms with van der Waals surface area (Å²) in [7, 11) is 0. The van der Waals surface area contributed by atoms with E-state index in [0.717, 1.165) is 33.4 Å². The Morgan fingerprint density at radius 1 is 0.163 bits per heavy atom. The molecule has 16 aromatic carbocycles. The molecule has 0 fully saturated rings. The Morgan fingerprint density at radius 2 is 0.469 bits per heavy atom. The van der Waals surface area contributed by atoms with E-state index in [1.165, 1.54) is 125 Å². The molecular formula is C90H54N6Se2. The Balaban J connectivity index is 0.000000137. The maximum atomic E-state index is 5.00. The summed E-state index contributed by atoms with van der Waals surface area (Å²) in [5.41, 5.74) is 11.0. The van der Waals surface area contributed by atoms with Gasteiger partial charge in [0.2, 0.25) is 0 Å². The summed E-state index contributed by atoms with van der Waals surface area (Å²) in [6.07, 6.45) is 0. The number of hydrogen-bond donors (Lipinski definition) is 0. The zero-order valence-corrected chi connectivity index (χ0v) is 56.1. The second-order valence-corrected chi connectivity index (χ2v) is 29.2. The zero-order chi connectivity index (χ0) is 64.6. The normalized spacial score (nSPS) is 11.7. The van der Waals surface area contributed by atoms with Crippen LogP contribution in [0.5, 0.6) is 0 Å². The summed E-state index contributed by atoms with van der Waals surface area (Å²) in [5.74, 6) is 4.08. The van der Waals surface area contributed by atoms with E-state index in [4.69, 9.17) is 29.9 Å². The number of fused-ring (bicyclic) bond motifs is 16. The van der Waals surface area contributed by atoms with Crippen molar-refractivity contribution >= 4 is 132 Å². The molecule has 0 radical (unpaired) electrons. The van der Waals surface area contributed by atoms with E-state index in [1.54, 1.807) is 0 Å². The van der Waals surface area contributed by atoms with Gasteiger partial charge in [0.15, 0.2) is 0 Å². The van der Waals surface area contributed by atoms with Crippen LogP contribution in [-0.2, 0) is 0 Å². The van der Waals surface area contributed by atoms with Crippen molar-refractivity contribution in [3.63, 3.8) is 0 Å². The number of nitrogens with zero attached hydrogens (tertiary/aromatic N) is 6. The SMILES string of the molecule is c1ccc(-c2nc(-c3ccccc3)nc(-c3ccc4[se]c5c(-c6ccc7ccc8c9ccccc9ccc8c7c6)cccc5c4c3)n2)cc1.c1ccc(-c2nc(-c3ccccc3)nc(-c3ccc4c(c3)[se]c3c(-c5ccc6ccc7c8ccccc8ccc7c6c5)cccc34)n2)cc1. The molecule has 0 bridgehead atoms. The molecule has 4 heterocycles. The van der Waals surface area contributed by atoms with Gasteiger partial charge in [-0.25, -0.2) is 0 Å². The Hall–Kier alpha value is -11.9. The molecule has 0 aliphatic rings. The molecule has 0 atom stereocenters. The summed E-state index contributed by atoms with van der Waals surface area (Å²) >= 11 is 0.298. The van der Waals surface area contributed by atoms with E-state index in [2.05, 4.69) is 255 Å². The van der Waals surface area contributed by atoms with Gasteiger partial charge >= 0.3 is 580 Å². The fraction of sp³-hybridized carbons (Fsp3) is 0. The second kappa shape index (κ2) is 24.1. The molecule has 0 aliphatic heterocycles. The van der Waals surface area contributed by atoms with E-state index in [0.29, 0.717) is 34.9 Å². The molecular weight excluding hydrogens is 1320 g/mol. The second-order valence-electron chi connectivity index (χ2n) is 24.8. The van der Waals surface area contributed by atoms with Crippen molar-refractivity contribution < 1.29 is 0 Å². The summed E-state index contributed by atoms with van der Waals surface area (Å²) < 4.78 is 5.60. The van der Waals surface area contributed by atoms with Crippen molar-refractivity contribution in [3.05, 3.63) is 328 Å². The standard InChI is InChI=1S/2C45H27N3Se/c1-3-11-30(12-4-1)43-46-44(31-13-5-2-6-14-31)48-45(47-43)33-22-25-38-39-17-9-16-35(42(39)49-41(38)27-33)32-19-18-29-21-23-36-34-15-8-7-10-28(34)20-24-37(36)40(29)26-32;1-3-11-30(12-4-1)43-46-44(31-13-5-2-6-14-31)48-45(47-43)33-22-25-41-40(27-33)38-17-9-16-35(42(38)49-41)32-19-18-29-21-23-36-34-15-8-7-10-28(34)20-24-37(36)39(29)26-32/h2*1-27H. The predicted molar refractivity (Wildman–Crippen MR) is 412 cm³/mol. The molecule has 8 heteroatoms. The van der Waals surface area contributed by atoms with Crippen LogP contribution in [0.1, 0.15) is 0 Å². The number of benzene rings is 16. The van der Waals surface area contributed by atoms with Crippen LogP contribution in [0.3, 0.4) is 0 Å². The van der Waals surface area contributed by atoms with Crippen LogP contribution in [0.25, 0.3) is 194 Å². The summed E-state index contributed by atoms with van der Waals surface area (Å²) in [5, 5.41) is 20.7. The molecule has 0 aliphatic carbocycles. The molecule has 98 heavy (non-hydrogen) atoms. The molecule has 456 valence electrons. The van der Waals surface area contributed by atoms with Crippen molar-refractivity contribution in [2.24, 2.45) is 0 Å². The van der Waals surface area contributed by atoms with E-state index in [1.807, 2.05) is 72.8 Å². The summed E-state index contributed by atoms with van der Waals surface area (Å²) in [6.45, 7) is 0. The van der Waals surface area contributed by atoms with Gasteiger partial charge in [-0.05, 0) is 0 Å². The van der Waals surface area contributed by atoms with Gasteiger partial charge in [-0.3, -0.25) is 0 Å². The van der Waals surface area contributed by atoms with Crippen LogP contribution < -0.4 is 0 Å². The average Bonchev–Trinajstić information content (AvgIpc) is 1.26. The van der Waals surface area contributed by atoms with Crippen molar-refractivity contribution in [1.29, 1.82) is 0 Å². The van der Waals surface area contributed by atoms with Crippen molar-refractivity contribution in [2.75, 3.05) is 0 Å². The van der Waals surface area contributed by atoms with Gasteiger partial charge in [0.05, 0.1) is 0 Å². The van der Waals surface area contributed by atoms with Gasteiger partial charge in [-0.1, -0.05) is 0 Å². The van der Waals surface area contributed by atoms with Crippen molar-refractivity contribution in [2.45, 2.75) is 0 Å². The van der Waals surface area contributed by atoms with E-state index < -0.39 is 0 Å². The number of rotatable bonds is 8. The van der Waals surface area contributed by atoms with Crippen LogP contribution in [0.15, 0.2) is 328 Å². The minimum atomic E-state index is 0.124. The molecule has 4 aromatic heterocycles. The van der Waals surface area contributed by atoms with Gasteiger partial charge in [-0.15, -0.1) is 0 Å². The molecule has 0 saturated carbocycles. The fourth-order valence-corrected chi connectivity index (χ4v) is 19.4. The van der Waals surface area contributed by atoms with Gasteiger partial charge in [0, 0.05) is 0 Å². The number of aromatic nitrogens is 6. The first kappa shape index (κ1) is 57.6. The Morgan fingerprint density at radius 3 is 0.918 bits per heavy atom. The molecule has 0 amide bonds. The fourth-order valence-electron chi connectivity index (χ4n) is 14.2. The first-order valence-corrected chi connectivity index (χ1v) is 36.3. The molecule has 0 spiro atoms. The van der Waals surface area contributed by atoms with Gasteiger partial charge < -0.3 is 0 Å². The van der Waals surface area contributed by atoms with Crippen LogP contribution in [0, 0.1) is 0 Å². The first-order chi connectivity index (χ1) is 48.5. The van der Waals surface area contributed by atoms with Crippen LogP contribution in [-0.4, -0.2) is 58.9 Å². The van der Waals surface area contributed by atoms with E-state index in [-0.39, 0.29) is 29.0 Å². The van der Waals surface area contributed by atoms with Gasteiger partial charge in [0.1, 0.15) is 0 Å². The van der Waals surface area contributed by atoms with Crippen LogP contribution in [0.4, 0.5) is 0 Å². The van der Waals surface area contributed by atoms with Crippen molar-refractivity contribution in [1.82, 2.24) is 29.9 Å². The third-order valence-corrected chi connectivity index (χ3v) is 24.1. The van der Waals surface area contributed by atoms with Gasteiger partial charge in [-0.2, -0.15) is 0 Å². The zero-order valence-electron chi connectivity index (χ0n) is 52.7. The van der Waals surface area contributed by atoms with E-state index in [9.17, 15) is 0 Å². The first-order valence-electron chi connectivity index (χ1n) is 32.9. The van der Waals surface area contributed by atoms with E-state index >= 15 is 0 Å². The minimum absolute atomic E-state index is 0.124. The molecule has 20 aromatic rings. The van der Waals surface area contributed by atoms with Crippen molar-refractivity contribution in [3.8, 4) is 90.6 Å². The summed E-state index contributed by atoms with van der Waals surface area (Å²) in [4.78, 5) is 29.8. The topological polar surface area (TPSA) is 77.3 Å². The Bertz CT molecular complexity index is 6270. The molecule has 6 nitrogen and oxygen atoms in total. The molecule has 0 N–H and O–H groups in total. The Kier molecular flexibility index (Phi) is 14.2. The third-order valence-electron chi connectivity index (χ3n) is 19.0. The van der Waals surface area contributed by atoms with Gasteiger partial charge in [0.25, 0.3) is 0 Å². The molecule has 0 saturated heterocycles. The molecule has 20 rings (SSSR count). The van der Waals surface area contributed by atoms with Crippen LogP contribution >= 0.6 is 0 Å². The van der Waals surface area contributed by atoms with Crippen LogP contribution in [0.2, 0.25) is 0 Å². The maximum absolute atomic E-state index is 5.00. The quantitative estimate of drug-likeness (QED) is 0.111. The summed E-state index contributed by atoms with van der Waals surface area (Å²) in [6, 6.07) is 117. The third kappa shape index (κ3) is 10.3. The molecule has 0 unspecified atom stereocenters. The Labute approximate surface area is 576 Å². The number of hydrogen-bond acceptors (Lipinski definition) is 6. The monoisotopic (exact) mass is 1380 g/mol. The average molecular weight is 1380 g/mol. The predicted octanol–water partition coefficient (Wildman–Crippen LogP) is 22.7.